The van der Waals surface area contributed by atoms with Crippen molar-refractivity contribution in [1.82, 2.24) is 5.32 Å². The number of halogens is 1. The van der Waals surface area contributed by atoms with E-state index in [0.29, 0.717) is 17.9 Å². The zero-order chi connectivity index (χ0) is 12.1. The summed E-state index contributed by atoms with van der Waals surface area (Å²) in [5.74, 6) is 0.917. The second-order valence-corrected chi connectivity index (χ2v) is 4.78. The summed E-state index contributed by atoms with van der Waals surface area (Å²) in [7, 11) is 1.96. The molecule has 2 heteroatoms. The summed E-state index contributed by atoms with van der Waals surface area (Å²) in [5.41, 5.74) is 0.823. The normalized spacial score (nSPS) is 15.1. The number of benzene rings is 1. The van der Waals surface area contributed by atoms with E-state index in [1.807, 2.05) is 19.2 Å². The fourth-order valence-corrected chi connectivity index (χ4v) is 2.12. The lowest BCUT2D eigenvalue weighted by atomic mass is 9.84. The van der Waals surface area contributed by atoms with Gasteiger partial charge in [0.25, 0.3) is 0 Å². The first-order valence-corrected chi connectivity index (χ1v) is 5.97. The lowest BCUT2D eigenvalue weighted by Gasteiger charge is -2.27. The van der Waals surface area contributed by atoms with Crippen molar-refractivity contribution in [2.24, 2.45) is 11.8 Å². The van der Waals surface area contributed by atoms with Crippen LogP contribution < -0.4 is 5.32 Å². The zero-order valence-corrected chi connectivity index (χ0v) is 10.6. The number of nitrogens with one attached hydrogen (secondary N) is 1. The van der Waals surface area contributed by atoms with Gasteiger partial charge in [0.2, 0.25) is 0 Å². The van der Waals surface area contributed by atoms with Crippen molar-refractivity contribution in [3.63, 3.8) is 0 Å². The number of hydrogen-bond donors (Lipinski definition) is 1. The first-order chi connectivity index (χ1) is 7.56. The first-order valence-electron chi connectivity index (χ1n) is 5.97. The third-order valence-corrected chi connectivity index (χ3v) is 3.37. The maximum atomic E-state index is 13.6. The van der Waals surface area contributed by atoms with Crippen LogP contribution in [0, 0.1) is 17.7 Å². The van der Waals surface area contributed by atoms with Crippen LogP contribution in [0.5, 0.6) is 0 Å². The molecule has 0 aliphatic carbocycles. The molecule has 1 rings (SSSR count). The van der Waals surface area contributed by atoms with Gasteiger partial charge in [-0.15, -0.1) is 0 Å². The van der Waals surface area contributed by atoms with Crippen molar-refractivity contribution < 1.29 is 4.39 Å². The van der Waals surface area contributed by atoms with Gasteiger partial charge in [-0.25, -0.2) is 4.39 Å². The van der Waals surface area contributed by atoms with E-state index < -0.39 is 0 Å². The molecule has 0 amide bonds. The van der Waals surface area contributed by atoms with Gasteiger partial charge in [-0.05, 0) is 43.9 Å². The van der Waals surface area contributed by atoms with Crippen LogP contribution in [0.3, 0.4) is 0 Å². The quantitative estimate of drug-likeness (QED) is 0.808. The standard InChI is InChI=1S/C14H22FN/c1-10(2)13(11(3)16-4)9-12-7-5-6-8-14(12)15/h5-8,10-11,13,16H,9H2,1-4H3. The van der Waals surface area contributed by atoms with Crippen molar-refractivity contribution in [2.45, 2.75) is 33.2 Å². The predicted octanol–water partition coefficient (Wildman–Crippen LogP) is 3.25. The van der Waals surface area contributed by atoms with Crippen LogP contribution in [0.1, 0.15) is 26.3 Å². The van der Waals surface area contributed by atoms with Crippen LogP contribution in [-0.4, -0.2) is 13.1 Å². The van der Waals surface area contributed by atoms with Gasteiger partial charge in [0.05, 0.1) is 0 Å². The largest absolute Gasteiger partial charge is 0.317 e. The minimum atomic E-state index is -0.0866. The first kappa shape index (κ1) is 13.2. The van der Waals surface area contributed by atoms with Crippen molar-refractivity contribution in [3.8, 4) is 0 Å². The molecule has 1 aromatic carbocycles. The molecule has 0 aliphatic rings. The third-order valence-electron chi connectivity index (χ3n) is 3.37. The molecule has 0 aliphatic heterocycles. The van der Waals surface area contributed by atoms with Crippen LogP contribution in [0.4, 0.5) is 4.39 Å². The molecule has 0 aromatic heterocycles. The Bertz CT molecular complexity index is 322. The molecule has 1 N–H and O–H groups in total. The zero-order valence-electron chi connectivity index (χ0n) is 10.6. The molecule has 2 atom stereocenters. The molecular formula is C14H22FN. The SMILES string of the molecule is CNC(C)C(Cc1ccccc1F)C(C)C. The summed E-state index contributed by atoms with van der Waals surface area (Å²) in [4.78, 5) is 0. The van der Waals surface area contributed by atoms with Gasteiger partial charge in [-0.2, -0.15) is 0 Å². The molecule has 16 heavy (non-hydrogen) atoms. The summed E-state index contributed by atoms with van der Waals surface area (Å²) >= 11 is 0. The van der Waals surface area contributed by atoms with Gasteiger partial charge in [0, 0.05) is 6.04 Å². The van der Waals surface area contributed by atoms with Crippen LogP contribution in [0.25, 0.3) is 0 Å². The number of rotatable bonds is 5. The van der Waals surface area contributed by atoms with Gasteiger partial charge < -0.3 is 5.32 Å². The molecule has 0 spiro atoms. The lowest BCUT2D eigenvalue weighted by Crippen LogP contribution is -2.35. The Morgan fingerprint density at radius 1 is 1.19 bits per heavy atom. The van der Waals surface area contributed by atoms with Crippen molar-refractivity contribution >= 4 is 0 Å². The fourth-order valence-electron chi connectivity index (χ4n) is 2.12. The van der Waals surface area contributed by atoms with Gasteiger partial charge in [-0.1, -0.05) is 32.0 Å². The Hall–Kier alpha value is -0.890. The third kappa shape index (κ3) is 3.31. The smallest absolute Gasteiger partial charge is 0.126 e. The van der Waals surface area contributed by atoms with E-state index in [1.54, 1.807) is 6.07 Å². The van der Waals surface area contributed by atoms with E-state index in [1.165, 1.54) is 6.07 Å². The van der Waals surface area contributed by atoms with Crippen LogP contribution in [-0.2, 0) is 6.42 Å². The monoisotopic (exact) mass is 223 g/mol. The average Bonchev–Trinajstić information content (AvgIpc) is 2.26. The molecule has 2 unspecified atom stereocenters. The Kier molecular flexibility index (Phi) is 4.94. The predicted molar refractivity (Wildman–Crippen MR) is 67.0 cm³/mol. The molecule has 1 nitrogen and oxygen atoms in total. The summed E-state index contributed by atoms with van der Waals surface area (Å²) in [6.45, 7) is 6.55. The van der Waals surface area contributed by atoms with Crippen molar-refractivity contribution in [3.05, 3.63) is 35.6 Å². The van der Waals surface area contributed by atoms with Crippen LogP contribution in [0.2, 0.25) is 0 Å². The highest BCUT2D eigenvalue weighted by molar-refractivity contribution is 5.18. The Morgan fingerprint density at radius 2 is 1.81 bits per heavy atom. The molecule has 0 saturated carbocycles. The molecule has 0 heterocycles. The summed E-state index contributed by atoms with van der Waals surface area (Å²) < 4.78 is 13.6. The topological polar surface area (TPSA) is 12.0 Å². The van der Waals surface area contributed by atoms with Crippen LogP contribution >= 0.6 is 0 Å². The second-order valence-electron chi connectivity index (χ2n) is 4.78. The lowest BCUT2D eigenvalue weighted by molar-refractivity contribution is 0.297. The molecule has 0 radical (unpaired) electrons. The fraction of sp³-hybridized carbons (Fsp3) is 0.571. The highest BCUT2D eigenvalue weighted by Crippen LogP contribution is 2.22. The molecule has 0 fully saturated rings. The summed E-state index contributed by atoms with van der Waals surface area (Å²) in [6, 6.07) is 7.47. The van der Waals surface area contributed by atoms with E-state index in [0.717, 1.165) is 12.0 Å². The average molecular weight is 223 g/mol. The molecule has 0 bridgehead atoms. The second kappa shape index (κ2) is 6.00. The minimum Gasteiger partial charge on any atom is -0.317 e. The Balaban J connectivity index is 2.80. The minimum absolute atomic E-state index is 0.0866. The van der Waals surface area contributed by atoms with E-state index in [-0.39, 0.29) is 5.82 Å². The maximum Gasteiger partial charge on any atom is 0.126 e. The van der Waals surface area contributed by atoms with E-state index in [9.17, 15) is 4.39 Å². The Labute approximate surface area is 98.1 Å². The van der Waals surface area contributed by atoms with Gasteiger partial charge >= 0.3 is 0 Å². The molecule has 0 saturated heterocycles. The summed E-state index contributed by atoms with van der Waals surface area (Å²) in [6.07, 6.45) is 0.798. The van der Waals surface area contributed by atoms with E-state index in [2.05, 4.69) is 26.1 Å². The highest BCUT2D eigenvalue weighted by Gasteiger charge is 2.21. The molecular weight excluding hydrogens is 201 g/mol. The van der Waals surface area contributed by atoms with Crippen molar-refractivity contribution in [2.75, 3.05) is 7.05 Å². The van der Waals surface area contributed by atoms with Gasteiger partial charge in [-0.3, -0.25) is 0 Å². The van der Waals surface area contributed by atoms with Gasteiger partial charge in [0.15, 0.2) is 0 Å². The van der Waals surface area contributed by atoms with E-state index in [4.69, 9.17) is 0 Å². The Morgan fingerprint density at radius 3 is 2.31 bits per heavy atom. The number of hydrogen-bond acceptors (Lipinski definition) is 1. The van der Waals surface area contributed by atoms with Gasteiger partial charge in [0.1, 0.15) is 5.82 Å². The molecule has 90 valence electrons. The molecule has 1 aromatic rings. The van der Waals surface area contributed by atoms with E-state index >= 15 is 0 Å². The van der Waals surface area contributed by atoms with Crippen molar-refractivity contribution in [1.29, 1.82) is 0 Å². The highest BCUT2D eigenvalue weighted by atomic mass is 19.1. The summed E-state index contributed by atoms with van der Waals surface area (Å²) in [5, 5.41) is 3.26. The maximum absolute atomic E-state index is 13.6. The van der Waals surface area contributed by atoms with Crippen LogP contribution in [0.15, 0.2) is 24.3 Å².